The average molecular weight is 496 g/mol. The van der Waals surface area contributed by atoms with Crippen LogP contribution in [0.4, 0.5) is 11.5 Å². The van der Waals surface area contributed by atoms with Gasteiger partial charge in [0.25, 0.3) is 0 Å². The monoisotopic (exact) mass is 495 g/mol. The molecule has 5 rings (SSSR count). The van der Waals surface area contributed by atoms with Crippen molar-refractivity contribution < 1.29 is 0 Å². The molecular weight excluding hydrogens is 469 g/mol. The van der Waals surface area contributed by atoms with Gasteiger partial charge in [-0.05, 0) is 44.2 Å². The van der Waals surface area contributed by atoms with Gasteiger partial charge < -0.3 is 10.2 Å². The number of aromatic nitrogens is 4. The predicted molar refractivity (Wildman–Crippen MR) is 140 cm³/mol. The third kappa shape index (κ3) is 4.69. The Hall–Kier alpha value is -2.87. The van der Waals surface area contributed by atoms with Crippen LogP contribution in [0.2, 0.25) is 10.0 Å². The molecule has 0 unspecified atom stereocenters. The van der Waals surface area contributed by atoms with Gasteiger partial charge in [-0.2, -0.15) is 0 Å². The molecule has 0 radical (unpaired) electrons. The highest BCUT2D eigenvalue weighted by Crippen LogP contribution is 2.33. The van der Waals surface area contributed by atoms with E-state index in [1.807, 2.05) is 43.3 Å². The molecular formula is C25H27Cl2N7. The second-order valence-corrected chi connectivity index (χ2v) is 9.19. The third-order valence-electron chi connectivity index (χ3n) is 6.21. The van der Waals surface area contributed by atoms with Gasteiger partial charge in [0.1, 0.15) is 12.2 Å². The van der Waals surface area contributed by atoms with Gasteiger partial charge >= 0.3 is 0 Å². The number of nitrogens with zero attached hydrogens (tertiary/aromatic N) is 6. The Morgan fingerprint density at radius 3 is 2.53 bits per heavy atom. The summed E-state index contributed by atoms with van der Waals surface area (Å²) < 4.78 is 2.06. The highest BCUT2D eigenvalue weighted by molar-refractivity contribution is 6.43. The van der Waals surface area contributed by atoms with Crippen molar-refractivity contribution in [2.45, 2.75) is 13.3 Å². The smallest absolute Gasteiger partial charge is 0.170 e. The predicted octanol–water partition coefficient (Wildman–Crippen LogP) is 5.05. The average Bonchev–Trinajstić information content (AvgIpc) is 3.21. The van der Waals surface area contributed by atoms with Crippen LogP contribution >= 0.6 is 23.2 Å². The molecule has 0 bridgehead atoms. The molecule has 1 aliphatic heterocycles. The summed E-state index contributed by atoms with van der Waals surface area (Å²) in [6.07, 6.45) is 2.62. The van der Waals surface area contributed by atoms with Crippen LogP contribution in [-0.4, -0.2) is 63.7 Å². The van der Waals surface area contributed by atoms with E-state index < -0.39 is 0 Å². The first kappa shape index (κ1) is 22.9. The molecule has 0 spiro atoms. The maximum Gasteiger partial charge on any atom is 0.170 e. The molecule has 34 heavy (non-hydrogen) atoms. The molecule has 0 amide bonds. The standard InChI is InChI=1S/C25H27Cl2N7/c1-18-31-23-24(29-17-30-25(23)34(18)19-7-3-2-4-8-19)28-11-6-12-32-13-15-33(16-14-32)21-10-5-9-20(26)22(21)27/h2-5,7-10,17H,6,11-16H2,1H3,(H,28,29,30). The summed E-state index contributed by atoms with van der Waals surface area (Å²) >= 11 is 12.6. The van der Waals surface area contributed by atoms with E-state index in [4.69, 9.17) is 28.2 Å². The first-order chi connectivity index (χ1) is 16.6. The number of aryl methyl sites for hydroxylation is 1. The molecule has 1 fully saturated rings. The van der Waals surface area contributed by atoms with E-state index in [9.17, 15) is 0 Å². The van der Waals surface area contributed by atoms with E-state index in [1.54, 1.807) is 6.33 Å². The minimum absolute atomic E-state index is 0.607. The number of hydrogen-bond donors (Lipinski definition) is 1. The molecule has 1 saturated heterocycles. The van der Waals surface area contributed by atoms with Gasteiger partial charge in [-0.1, -0.05) is 47.5 Å². The molecule has 4 aromatic rings. The lowest BCUT2D eigenvalue weighted by atomic mass is 10.2. The van der Waals surface area contributed by atoms with Crippen molar-refractivity contribution in [2.75, 3.05) is 49.5 Å². The van der Waals surface area contributed by atoms with Gasteiger partial charge in [-0.3, -0.25) is 9.47 Å². The minimum atomic E-state index is 0.607. The maximum atomic E-state index is 6.40. The number of imidazole rings is 1. The van der Waals surface area contributed by atoms with E-state index >= 15 is 0 Å². The Bertz CT molecular complexity index is 1270. The number of nitrogens with one attached hydrogen (secondary N) is 1. The van der Waals surface area contributed by atoms with E-state index in [0.29, 0.717) is 10.0 Å². The van der Waals surface area contributed by atoms with Crippen LogP contribution in [0.3, 0.4) is 0 Å². The zero-order chi connectivity index (χ0) is 23.5. The normalized spacial score (nSPS) is 14.6. The Balaban J connectivity index is 1.16. The Labute approximate surface area is 209 Å². The maximum absolute atomic E-state index is 6.40. The number of piperazine rings is 1. The fraction of sp³-hybridized carbons (Fsp3) is 0.320. The summed E-state index contributed by atoms with van der Waals surface area (Å²) in [7, 11) is 0. The Morgan fingerprint density at radius 1 is 0.941 bits per heavy atom. The number of fused-ring (bicyclic) bond motifs is 1. The lowest BCUT2D eigenvalue weighted by molar-refractivity contribution is 0.257. The van der Waals surface area contributed by atoms with Crippen LogP contribution in [-0.2, 0) is 0 Å². The topological polar surface area (TPSA) is 62.1 Å². The quantitative estimate of drug-likeness (QED) is 0.361. The summed E-state index contributed by atoms with van der Waals surface area (Å²) in [5, 5.41) is 4.72. The molecule has 7 nitrogen and oxygen atoms in total. The van der Waals surface area contributed by atoms with Crippen molar-refractivity contribution in [1.29, 1.82) is 0 Å². The van der Waals surface area contributed by atoms with Gasteiger partial charge in [0.2, 0.25) is 0 Å². The fourth-order valence-electron chi connectivity index (χ4n) is 4.48. The molecule has 2 aromatic heterocycles. The second kappa shape index (κ2) is 10.2. The number of benzene rings is 2. The molecule has 0 saturated carbocycles. The molecule has 0 atom stereocenters. The van der Waals surface area contributed by atoms with E-state index in [-0.39, 0.29) is 0 Å². The van der Waals surface area contributed by atoms with Crippen molar-refractivity contribution in [3.63, 3.8) is 0 Å². The van der Waals surface area contributed by atoms with Crippen molar-refractivity contribution in [2.24, 2.45) is 0 Å². The van der Waals surface area contributed by atoms with Crippen molar-refractivity contribution >= 4 is 45.9 Å². The molecule has 176 valence electrons. The van der Waals surface area contributed by atoms with Crippen molar-refractivity contribution in [3.8, 4) is 5.69 Å². The molecule has 1 aliphatic rings. The van der Waals surface area contributed by atoms with Crippen LogP contribution < -0.4 is 10.2 Å². The zero-order valence-electron chi connectivity index (χ0n) is 19.1. The first-order valence-electron chi connectivity index (χ1n) is 11.5. The number of rotatable bonds is 7. The molecule has 1 N–H and O–H groups in total. The van der Waals surface area contributed by atoms with Gasteiger partial charge in [0.05, 0.1) is 15.7 Å². The van der Waals surface area contributed by atoms with Gasteiger partial charge in [-0.25, -0.2) is 15.0 Å². The highest BCUT2D eigenvalue weighted by Gasteiger charge is 2.20. The van der Waals surface area contributed by atoms with E-state index in [0.717, 1.165) is 79.9 Å². The summed E-state index contributed by atoms with van der Waals surface area (Å²) in [6.45, 7) is 7.73. The second-order valence-electron chi connectivity index (χ2n) is 8.41. The Morgan fingerprint density at radius 2 is 1.74 bits per heavy atom. The van der Waals surface area contributed by atoms with Crippen LogP contribution in [0.25, 0.3) is 16.9 Å². The lowest BCUT2D eigenvalue weighted by Crippen LogP contribution is -2.47. The summed E-state index contributed by atoms with van der Waals surface area (Å²) in [6, 6.07) is 16.0. The fourth-order valence-corrected chi connectivity index (χ4v) is 4.89. The number of hydrogen-bond acceptors (Lipinski definition) is 6. The lowest BCUT2D eigenvalue weighted by Gasteiger charge is -2.36. The van der Waals surface area contributed by atoms with Crippen LogP contribution in [0.1, 0.15) is 12.2 Å². The number of para-hydroxylation sites is 1. The SMILES string of the molecule is Cc1nc2c(NCCCN3CCN(c4cccc(Cl)c4Cl)CC3)ncnc2n1-c1ccccc1. The first-order valence-corrected chi connectivity index (χ1v) is 12.3. The third-order valence-corrected chi connectivity index (χ3v) is 7.02. The molecule has 3 heterocycles. The van der Waals surface area contributed by atoms with Crippen molar-refractivity contribution in [1.82, 2.24) is 24.4 Å². The van der Waals surface area contributed by atoms with Crippen LogP contribution in [0.15, 0.2) is 54.9 Å². The van der Waals surface area contributed by atoms with E-state index in [2.05, 4.69) is 41.8 Å². The highest BCUT2D eigenvalue weighted by atomic mass is 35.5. The van der Waals surface area contributed by atoms with Gasteiger partial charge in [0.15, 0.2) is 17.0 Å². The largest absolute Gasteiger partial charge is 0.368 e. The van der Waals surface area contributed by atoms with E-state index in [1.165, 1.54) is 0 Å². The van der Waals surface area contributed by atoms with Crippen LogP contribution in [0, 0.1) is 6.92 Å². The molecule has 9 heteroatoms. The number of anilines is 2. The molecule has 0 aliphatic carbocycles. The summed E-state index contributed by atoms with van der Waals surface area (Å²) in [4.78, 5) is 18.5. The number of halogens is 2. The molecule has 2 aromatic carbocycles. The van der Waals surface area contributed by atoms with Crippen molar-refractivity contribution in [3.05, 3.63) is 70.7 Å². The minimum Gasteiger partial charge on any atom is -0.368 e. The summed E-state index contributed by atoms with van der Waals surface area (Å²) in [5.74, 6) is 1.67. The van der Waals surface area contributed by atoms with Gasteiger partial charge in [-0.15, -0.1) is 0 Å². The van der Waals surface area contributed by atoms with Crippen LogP contribution in [0.5, 0.6) is 0 Å². The van der Waals surface area contributed by atoms with Gasteiger partial charge in [0, 0.05) is 38.4 Å². The zero-order valence-corrected chi connectivity index (χ0v) is 20.6. The Kier molecular flexibility index (Phi) is 6.85. The summed E-state index contributed by atoms with van der Waals surface area (Å²) in [5.41, 5.74) is 3.69.